The van der Waals surface area contributed by atoms with Crippen molar-refractivity contribution in [2.24, 2.45) is 11.8 Å². The lowest BCUT2D eigenvalue weighted by Crippen LogP contribution is -2.49. The molecule has 0 unspecified atom stereocenters. The van der Waals surface area contributed by atoms with Gasteiger partial charge in [0.2, 0.25) is 15.9 Å². The van der Waals surface area contributed by atoms with E-state index in [2.05, 4.69) is 25.7 Å². The van der Waals surface area contributed by atoms with Crippen LogP contribution in [-0.4, -0.2) is 78.8 Å². The molecular formula is C22H32N4O5S. The number of hydrogen-bond donors (Lipinski definition) is 0. The number of benzene rings is 1. The molecule has 4 rings (SSSR count). The van der Waals surface area contributed by atoms with E-state index >= 15 is 0 Å². The van der Waals surface area contributed by atoms with Gasteiger partial charge in [-0.3, -0.25) is 9.36 Å². The number of carbonyl (C=O) groups is 1. The van der Waals surface area contributed by atoms with Gasteiger partial charge >= 0.3 is 5.76 Å². The molecule has 32 heavy (non-hydrogen) atoms. The molecule has 10 heteroatoms. The molecule has 0 aliphatic carbocycles. The van der Waals surface area contributed by atoms with E-state index in [9.17, 15) is 18.0 Å². The quantitative estimate of drug-likeness (QED) is 0.664. The van der Waals surface area contributed by atoms with Gasteiger partial charge in [0.05, 0.1) is 10.4 Å². The molecule has 2 aliphatic heterocycles. The lowest BCUT2D eigenvalue weighted by molar-refractivity contribution is -0.133. The average molecular weight is 465 g/mol. The van der Waals surface area contributed by atoms with Crippen molar-refractivity contribution in [3.05, 3.63) is 28.7 Å². The summed E-state index contributed by atoms with van der Waals surface area (Å²) in [7, 11) is -3.69. The van der Waals surface area contributed by atoms with Gasteiger partial charge in [-0.2, -0.15) is 4.31 Å². The number of aromatic nitrogens is 1. The summed E-state index contributed by atoms with van der Waals surface area (Å²) in [5.74, 6) is -0.211. The highest BCUT2D eigenvalue weighted by molar-refractivity contribution is 7.89. The summed E-state index contributed by atoms with van der Waals surface area (Å²) in [5, 5.41) is 0. The summed E-state index contributed by atoms with van der Waals surface area (Å²) in [5.41, 5.74) is 0.604. The Labute approximate surface area is 188 Å². The molecule has 176 valence electrons. The maximum absolute atomic E-state index is 13.2. The first kappa shape index (κ1) is 23.0. The topological polar surface area (TPSA) is 96.1 Å². The Bertz CT molecular complexity index is 1140. The first-order valence-electron chi connectivity index (χ1n) is 11.3. The minimum Gasteiger partial charge on any atom is -0.408 e. The summed E-state index contributed by atoms with van der Waals surface area (Å²) in [6, 6.07) is 4.46. The molecule has 0 spiro atoms. The summed E-state index contributed by atoms with van der Waals surface area (Å²) in [6.45, 7) is 10.9. The van der Waals surface area contributed by atoms with E-state index in [0.717, 1.165) is 26.1 Å². The predicted molar refractivity (Wildman–Crippen MR) is 121 cm³/mol. The van der Waals surface area contributed by atoms with Gasteiger partial charge < -0.3 is 14.2 Å². The first-order valence-corrected chi connectivity index (χ1v) is 12.8. The lowest BCUT2D eigenvalue weighted by atomic mass is 9.94. The van der Waals surface area contributed by atoms with Gasteiger partial charge in [0, 0.05) is 45.3 Å². The lowest BCUT2D eigenvalue weighted by Gasteiger charge is -2.34. The molecular weight excluding hydrogens is 432 g/mol. The molecule has 1 aromatic carbocycles. The van der Waals surface area contributed by atoms with Gasteiger partial charge in [0.25, 0.3) is 0 Å². The van der Waals surface area contributed by atoms with Crippen molar-refractivity contribution >= 4 is 27.0 Å². The third-order valence-corrected chi connectivity index (χ3v) is 8.41. The van der Waals surface area contributed by atoms with Gasteiger partial charge in [0.1, 0.15) is 6.54 Å². The fraction of sp³-hybridized carbons (Fsp3) is 0.636. The van der Waals surface area contributed by atoms with Crippen LogP contribution in [0.2, 0.25) is 0 Å². The molecule has 0 saturated carbocycles. The fourth-order valence-electron chi connectivity index (χ4n) is 4.86. The molecule has 1 aromatic heterocycles. The summed E-state index contributed by atoms with van der Waals surface area (Å²) < 4.78 is 34.5. The Hall–Kier alpha value is -2.17. The average Bonchev–Trinajstić information content (AvgIpc) is 3.07. The van der Waals surface area contributed by atoms with E-state index in [1.807, 2.05) is 0 Å². The number of fused-ring (bicyclic) bond motifs is 1. The highest BCUT2D eigenvalue weighted by Crippen LogP contribution is 2.28. The van der Waals surface area contributed by atoms with E-state index < -0.39 is 15.8 Å². The van der Waals surface area contributed by atoms with Crippen LogP contribution in [0.5, 0.6) is 0 Å². The van der Waals surface area contributed by atoms with Crippen molar-refractivity contribution in [2.75, 3.05) is 45.8 Å². The van der Waals surface area contributed by atoms with E-state index in [4.69, 9.17) is 4.42 Å². The molecule has 2 saturated heterocycles. The maximum atomic E-state index is 13.2. The predicted octanol–water partition coefficient (Wildman–Crippen LogP) is 1.43. The number of carbonyl (C=O) groups excluding carboxylic acids is 1. The van der Waals surface area contributed by atoms with Crippen molar-refractivity contribution in [1.82, 2.24) is 18.7 Å². The van der Waals surface area contributed by atoms with Gasteiger partial charge in [-0.15, -0.1) is 0 Å². The van der Waals surface area contributed by atoms with E-state index in [0.29, 0.717) is 43.5 Å². The number of piperidine rings is 1. The number of nitrogens with zero attached hydrogens (tertiary/aromatic N) is 4. The van der Waals surface area contributed by atoms with Crippen LogP contribution in [0.1, 0.15) is 27.2 Å². The number of sulfonamides is 1. The van der Waals surface area contributed by atoms with Crippen LogP contribution in [0.25, 0.3) is 11.1 Å². The van der Waals surface area contributed by atoms with Crippen LogP contribution in [-0.2, 0) is 21.4 Å². The third-order valence-electron chi connectivity index (χ3n) is 6.58. The van der Waals surface area contributed by atoms with Crippen LogP contribution >= 0.6 is 0 Å². The Morgan fingerprint density at radius 3 is 2.38 bits per heavy atom. The monoisotopic (exact) mass is 464 g/mol. The molecule has 2 fully saturated rings. The normalized spacial score (nSPS) is 23.7. The van der Waals surface area contributed by atoms with Gasteiger partial charge in [-0.25, -0.2) is 13.2 Å². The Morgan fingerprint density at radius 2 is 1.75 bits per heavy atom. The molecule has 3 heterocycles. The standard InChI is InChI=1S/C22H32N4O5S/c1-4-23-7-9-24(10-8-23)21(27)15-26-19-6-5-18(12-20(19)31-22(26)28)32(29,30)25-13-16(2)11-17(3)14-25/h5-6,12,16-17H,4,7-11,13-15H2,1-3H3/t16-,17-/m0/s1. The number of likely N-dealkylation sites (N-methyl/N-ethyl adjacent to an activating group) is 1. The van der Waals surface area contributed by atoms with Gasteiger partial charge in [-0.05, 0) is 36.9 Å². The molecule has 0 N–H and O–H groups in total. The molecule has 0 bridgehead atoms. The molecule has 2 aromatic rings. The fourth-order valence-corrected chi connectivity index (χ4v) is 6.55. The first-order chi connectivity index (χ1) is 15.2. The van der Waals surface area contributed by atoms with Crippen molar-refractivity contribution in [2.45, 2.75) is 38.6 Å². The SMILES string of the molecule is CCN1CCN(C(=O)Cn2c(=O)oc3cc(S(=O)(=O)N4C[C@@H](C)C[C@H](C)C4)ccc32)CC1. The molecule has 9 nitrogen and oxygen atoms in total. The molecule has 0 radical (unpaired) electrons. The number of rotatable bonds is 5. The van der Waals surface area contributed by atoms with Crippen LogP contribution in [0, 0.1) is 11.8 Å². The van der Waals surface area contributed by atoms with Crippen molar-refractivity contribution < 1.29 is 17.6 Å². The smallest absolute Gasteiger partial charge is 0.408 e. The number of oxazole rings is 1. The summed E-state index contributed by atoms with van der Waals surface area (Å²) in [6.07, 6.45) is 1.00. The van der Waals surface area contributed by atoms with Gasteiger partial charge in [0.15, 0.2) is 5.58 Å². The minimum absolute atomic E-state index is 0.106. The number of piperazine rings is 1. The third kappa shape index (κ3) is 4.49. The molecule has 1 amide bonds. The number of hydrogen-bond acceptors (Lipinski definition) is 6. The second kappa shape index (κ2) is 8.99. The largest absolute Gasteiger partial charge is 0.420 e. The van der Waals surface area contributed by atoms with Crippen molar-refractivity contribution in [3.8, 4) is 0 Å². The van der Waals surface area contributed by atoms with Crippen LogP contribution < -0.4 is 5.76 Å². The van der Waals surface area contributed by atoms with E-state index in [1.54, 1.807) is 11.0 Å². The second-order valence-electron chi connectivity index (χ2n) is 9.17. The second-order valence-corrected chi connectivity index (χ2v) is 11.1. The van der Waals surface area contributed by atoms with Crippen molar-refractivity contribution in [3.63, 3.8) is 0 Å². The van der Waals surface area contributed by atoms with Crippen LogP contribution in [0.4, 0.5) is 0 Å². The summed E-state index contributed by atoms with van der Waals surface area (Å²) >= 11 is 0. The van der Waals surface area contributed by atoms with E-state index in [1.165, 1.54) is 21.0 Å². The Kier molecular flexibility index (Phi) is 6.46. The zero-order valence-electron chi connectivity index (χ0n) is 19.0. The van der Waals surface area contributed by atoms with E-state index in [-0.39, 0.29) is 22.9 Å². The zero-order chi connectivity index (χ0) is 23.0. The van der Waals surface area contributed by atoms with Gasteiger partial charge in [-0.1, -0.05) is 20.8 Å². The number of amides is 1. The molecule has 2 atom stereocenters. The molecule has 2 aliphatic rings. The zero-order valence-corrected chi connectivity index (χ0v) is 19.8. The van der Waals surface area contributed by atoms with Crippen LogP contribution in [0.3, 0.4) is 0 Å². The highest BCUT2D eigenvalue weighted by Gasteiger charge is 2.32. The minimum atomic E-state index is -3.69. The highest BCUT2D eigenvalue weighted by atomic mass is 32.2. The Morgan fingerprint density at radius 1 is 1.09 bits per heavy atom. The maximum Gasteiger partial charge on any atom is 0.420 e. The Balaban J connectivity index is 1.55. The van der Waals surface area contributed by atoms with Crippen LogP contribution in [0.15, 0.2) is 32.3 Å². The summed E-state index contributed by atoms with van der Waals surface area (Å²) in [4.78, 5) is 29.4. The van der Waals surface area contributed by atoms with Crippen molar-refractivity contribution in [1.29, 1.82) is 0 Å².